The number of nitrogens with one attached hydrogen (secondary N) is 1. The Bertz CT molecular complexity index is 779. The van der Waals surface area contributed by atoms with Crippen molar-refractivity contribution in [3.05, 3.63) is 29.8 Å². The number of ether oxygens (including phenoxy) is 1. The quantitative estimate of drug-likeness (QED) is 0.341. The van der Waals surface area contributed by atoms with Gasteiger partial charge in [0.25, 0.3) is 0 Å². The molecule has 0 saturated carbocycles. The first-order chi connectivity index (χ1) is 13.1. The zero-order chi connectivity index (χ0) is 20.9. The molecule has 0 radical (unpaired) electrons. The number of likely N-dealkylation sites (N-methyl/N-ethyl adjacent to an activating group) is 1. The molecule has 1 aliphatic heterocycles. The Morgan fingerprint density at radius 2 is 1.93 bits per heavy atom. The molecular weight excluding hydrogens is 503 g/mol. The minimum Gasteiger partial charge on any atom is -0.497 e. The number of nitrogens with zero attached hydrogens (tertiary/aromatic N) is 3. The number of methoxy groups -OCH3 is 1. The van der Waals surface area contributed by atoms with Gasteiger partial charge in [-0.25, -0.2) is 8.42 Å². The molecule has 0 amide bonds. The van der Waals surface area contributed by atoms with Crippen LogP contribution in [-0.4, -0.2) is 82.1 Å². The van der Waals surface area contributed by atoms with Gasteiger partial charge < -0.3 is 19.9 Å². The van der Waals surface area contributed by atoms with Gasteiger partial charge in [-0.05, 0) is 52.6 Å². The zero-order valence-electron chi connectivity index (χ0n) is 18.3. The van der Waals surface area contributed by atoms with Crippen LogP contribution in [0.5, 0.6) is 5.75 Å². The van der Waals surface area contributed by atoms with Gasteiger partial charge in [-0.2, -0.15) is 0 Å². The van der Waals surface area contributed by atoms with Crippen LogP contribution in [0, 0.1) is 0 Å². The molecule has 29 heavy (non-hydrogen) atoms. The predicted octanol–water partition coefficient (Wildman–Crippen LogP) is 2.39. The summed E-state index contributed by atoms with van der Waals surface area (Å²) in [6, 6.07) is 8.14. The van der Waals surface area contributed by atoms with Crippen molar-refractivity contribution >= 4 is 39.8 Å². The summed E-state index contributed by atoms with van der Waals surface area (Å²) < 4.78 is 29.1. The van der Waals surface area contributed by atoms with Crippen LogP contribution in [0.4, 0.5) is 0 Å². The van der Waals surface area contributed by atoms with E-state index in [2.05, 4.69) is 27.2 Å². The largest absolute Gasteiger partial charge is 0.497 e. The molecule has 2 rings (SSSR count). The first kappa shape index (κ1) is 26.0. The summed E-state index contributed by atoms with van der Waals surface area (Å²) in [6.07, 6.45) is 0. The molecule has 1 atom stereocenters. The molecule has 1 fully saturated rings. The van der Waals surface area contributed by atoms with Gasteiger partial charge in [0.1, 0.15) is 5.75 Å². The lowest BCUT2D eigenvalue weighted by atomic mass is 10.1. The molecule has 0 bridgehead atoms. The van der Waals surface area contributed by atoms with Crippen LogP contribution in [0.1, 0.15) is 32.4 Å². The van der Waals surface area contributed by atoms with Crippen molar-refractivity contribution in [3.8, 4) is 5.75 Å². The van der Waals surface area contributed by atoms with Crippen LogP contribution in [-0.2, 0) is 9.84 Å². The Morgan fingerprint density at radius 3 is 2.41 bits per heavy atom. The monoisotopic (exact) mass is 538 g/mol. The summed E-state index contributed by atoms with van der Waals surface area (Å²) in [4.78, 5) is 9.05. The number of hydrogen-bond donors (Lipinski definition) is 1. The normalized spacial score (nSPS) is 19.4. The highest BCUT2D eigenvalue weighted by atomic mass is 127. The van der Waals surface area contributed by atoms with Crippen molar-refractivity contribution < 1.29 is 13.2 Å². The van der Waals surface area contributed by atoms with Crippen LogP contribution in [0.2, 0.25) is 0 Å². The molecule has 1 unspecified atom stereocenters. The van der Waals surface area contributed by atoms with E-state index in [0.717, 1.165) is 23.8 Å². The van der Waals surface area contributed by atoms with E-state index in [1.54, 1.807) is 21.0 Å². The van der Waals surface area contributed by atoms with Gasteiger partial charge in [-0.1, -0.05) is 12.1 Å². The smallest absolute Gasteiger partial charge is 0.194 e. The Morgan fingerprint density at radius 1 is 1.31 bits per heavy atom. The number of guanidine groups is 1. The predicted molar refractivity (Wildman–Crippen MR) is 130 cm³/mol. The molecule has 7 nitrogen and oxygen atoms in total. The highest BCUT2D eigenvalue weighted by Crippen LogP contribution is 2.25. The number of aliphatic imine (C=N–C) groups is 1. The lowest BCUT2D eigenvalue weighted by Gasteiger charge is -2.39. The topological polar surface area (TPSA) is 74.2 Å². The van der Waals surface area contributed by atoms with E-state index in [1.807, 2.05) is 33.2 Å². The maximum Gasteiger partial charge on any atom is 0.194 e. The number of rotatable bonds is 6. The number of sulfone groups is 1. The van der Waals surface area contributed by atoms with E-state index in [1.165, 1.54) is 0 Å². The highest BCUT2D eigenvalue weighted by Gasteiger charge is 2.41. The Hall–Kier alpha value is -1.07. The third-order valence-corrected chi connectivity index (χ3v) is 7.75. The van der Waals surface area contributed by atoms with Gasteiger partial charge in [0.05, 0.1) is 30.2 Å². The fraction of sp³-hybridized carbons (Fsp3) is 0.650. The van der Waals surface area contributed by atoms with Gasteiger partial charge in [0.15, 0.2) is 15.8 Å². The summed E-state index contributed by atoms with van der Waals surface area (Å²) in [7, 11) is 2.65. The van der Waals surface area contributed by atoms with Crippen LogP contribution >= 0.6 is 24.0 Å². The Labute approximate surface area is 192 Å². The summed E-state index contributed by atoms with van der Waals surface area (Å²) in [5, 5.41) is 3.32. The standard InChI is InChI=1S/C20H34N4O3S.HI/c1-7-21-19(24-12-13-28(25,26)20(2,3)15-24)22-14-18(23(4)5)16-8-10-17(27-6)11-9-16;/h8-11,18H,7,12-15H2,1-6H3,(H,21,22);1H. The minimum atomic E-state index is -3.08. The van der Waals surface area contributed by atoms with Crippen molar-refractivity contribution in [2.45, 2.75) is 31.6 Å². The zero-order valence-corrected chi connectivity index (χ0v) is 21.5. The van der Waals surface area contributed by atoms with Crippen LogP contribution in [0.15, 0.2) is 29.3 Å². The van der Waals surface area contributed by atoms with Gasteiger partial charge in [-0.15, -0.1) is 24.0 Å². The minimum absolute atomic E-state index is 0. The summed E-state index contributed by atoms with van der Waals surface area (Å²) in [6.45, 7) is 7.82. The second-order valence-electron chi connectivity index (χ2n) is 7.95. The summed E-state index contributed by atoms with van der Waals surface area (Å²) in [5.74, 6) is 1.75. The molecule has 1 N–H and O–H groups in total. The SMILES string of the molecule is CCNC(=NCC(c1ccc(OC)cc1)N(C)C)N1CCS(=O)(=O)C(C)(C)C1.I. The molecule has 1 aliphatic rings. The third kappa shape index (κ3) is 6.45. The van der Waals surface area contributed by atoms with E-state index >= 15 is 0 Å². The number of benzene rings is 1. The fourth-order valence-electron chi connectivity index (χ4n) is 3.32. The van der Waals surface area contributed by atoms with Gasteiger partial charge in [0, 0.05) is 19.6 Å². The summed E-state index contributed by atoms with van der Waals surface area (Å²) >= 11 is 0. The molecule has 1 aromatic rings. The Kier molecular flexibility index (Phi) is 9.68. The maximum atomic E-state index is 12.3. The molecular formula is C20H35IN4O3S. The Balaban J connectivity index is 0.00000420. The number of hydrogen-bond acceptors (Lipinski definition) is 5. The first-order valence-electron chi connectivity index (χ1n) is 9.67. The van der Waals surface area contributed by atoms with Crippen molar-refractivity contribution in [2.24, 2.45) is 4.99 Å². The van der Waals surface area contributed by atoms with Crippen molar-refractivity contribution in [2.75, 3.05) is 53.1 Å². The van der Waals surface area contributed by atoms with E-state index in [-0.39, 0.29) is 35.8 Å². The van der Waals surface area contributed by atoms with E-state index < -0.39 is 14.6 Å². The fourth-order valence-corrected chi connectivity index (χ4v) is 4.68. The van der Waals surface area contributed by atoms with Gasteiger partial charge in [-0.3, -0.25) is 4.99 Å². The third-order valence-electron chi connectivity index (χ3n) is 5.22. The van der Waals surface area contributed by atoms with Crippen LogP contribution in [0.25, 0.3) is 0 Å². The maximum absolute atomic E-state index is 12.3. The van der Waals surface area contributed by atoms with Crippen molar-refractivity contribution in [3.63, 3.8) is 0 Å². The number of halogens is 1. The molecule has 166 valence electrons. The molecule has 1 heterocycles. The second-order valence-corrected chi connectivity index (χ2v) is 10.7. The first-order valence-corrected chi connectivity index (χ1v) is 11.3. The van der Waals surface area contributed by atoms with Gasteiger partial charge >= 0.3 is 0 Å². The van der Waals surface area contributed by atoms with Crippen LogP contribution in [0.3, 0.4) is 0 Å². The molecule has 0 aliphatic carbocycles. The average Bonchev–Trinajstić information content (AvgIpc) is 2.63. The lowest BCUT2D eigenvalue weighted by molar-refractivity contribution is 0.302. The molecule has 0 aromatic heterocycles. The second kappa shape index (κ2) is 10.8. The lowest BCUT2D eigenvalue weighted by Crippen LogP contribution is -2.57. The van der Waals surface area contributed by atoms with E-state index in [4.69, 9.17) is 9.73 Å². The highest BCUT2D eigenvalue weighted by molar-refractivity contribution is 14.0. The van der Waals surface area contributed by atoms with Gasteiger partial charge in [0.2, 0.25) is 0 Å². The van der Waals surface area contributed by atoms with Crippen LogP contribution < -0.4 is 10.1 Å². The van der Waals surface area contributed by atoms with E-state index in [0.29, 0.717) is 19.6 Å². The van der Waals surface area contributed by atoms with Crippen molar-refractivity contribution in [1.82, 2.24) is 15.1 Å². The average molecular weight is 538 g/mol. The molecule has 9 heteroatoms. The van der Waals surface area contributed by atoms with E-state index in [9.17, 15) is 8.42 Å². The molecule has 1 saturated heterocycles. The molecule has 0 spiro atoms. The summed E-state index contributed by atoms with van der Waals surface area (Å²) in [5.41, 5.74) is 1.16. The molecule has 1 aromatic carbocycles. The van der Waals surface area contributed by atoms with Crippen molar-refractivity contribution in [1.29, 1.82) is 0 Å².